The maximum atomic E-state index is 11.5. The molecule has 0 atom stereocenters. The zero-order valence-corrected chi connectivity index (χ0v) is 14.1. The number of aryl methyl sites for hydroxylation is 1. The summed E-state index contributed by atoms with van der Waals surface area (Å²) in [6.45, 7) is 1.80. The highest BCUT2D eigenvalue weighted by Gasteiger charge is 2.12. The lowest BCUT2D eigenvalue weighted by Gasteiger charge is -2.03. The number of phenols is 1. The quantitative estimate of drug-likeness (QED) is 0.538. The number of carbonyl (C=O) groups excluding carboxylic acids is 1. The van der Waals surface area contributed by atoms with Gasteiger partial charge in [-0.05, 0) is 31.2 Å². The van der Waals surface area contributed by atoms with E-state index in [0.717, 1.165) is 5.56 Å². The summed E-state index contributed by atoms with van der Waals surface area (Å²) in [5.74, 6) is -1.47. The van der Waals surface area contributed by atoms with Gasteiger partial charge in [0.15, 0.2) is 10.8 Å². The highest BCUT2D eigenvalue weighted by molar-refractivity contribution is 7.85. The lowest BCUT2D eigenvalue weighted by Crippen LogP contribution is -2.04. The third kappa shape index (κ3) is 7.10. The van der Waals surface area contributed by atoms with E-state index in [-0.39, 0.29) is 35.0 Å². The summed E-state index contributed by atoms with van der Waals surface area (Å²) in [5, 5.41) is 17.5. The Balaban J connectivity index is 0.000000271. The number of pyridine rings is 1. The van der Waals surface area contributed by atoms with Gasteiger partial charge in [-0.25, -0.2) is 4.98 Å². The molecule has 1 heterocycles. The normalized spacial score (nSPS) is 10.5. The minimum absolute atomic E-state index is 0.0909. The Morgan fingerprint density at radius 1 is 1.12 bits per heavy atom. The van der Waals surface area contributed by atoms with Gasteiger partial charge in [0.25, 0.3) is 0 Å². The minimum atomic E-state index is -4.11. The van der Waals surface area contributed by atoms with Gasteiger partial charge in [0, 0.05) is 12.6 Å². The molecule has 0 aliphatic heterocycles. The number of nitrogens with zero attached hydrogens (tertiary/aromatic N) is 1. The molecule has 0 unspecified atom stereocenters. The van der Waals surface area contributed by atoms with E-state index in [9.17, 15) is 23.1 Å². The van der Waals surface area contributed by atoms with Gasteiger partial charge in [-0.1, -0.05) is 17.7 Å². The van der Waals surface area contributed by atoms with Crippen molar-refractivity contribution in [2.75, 3.05) is 0 Å². The Kier molecular flexibility index (Phi) is 7.22. The van der Waals surface area contributed by atoms with Crippen LogP contribution in [0.4, 0.5) is 0 Å². The largest absolute Gasteiger partial charge is 0.507 e. The number of carboxylic acids is 1. The van der Waals surface area contributed by atoms with Gasteiger partial charge in [0.05, 0.1) is 12.0 Å². The van der Waals surface area contributed by atoms with Crippen LogP contribution in [-0.4, -0.2) is 39.9 Å². The second kappa shape index (κ2) is 8.90. The van der Waals surface area contributed by atoms with E-state index < -0.39 is 16.1 Å². The maximum Gasteiger partial charge on any atom is 0.312 e. The van der Waals surface area contributed by atoms with Crippen LogP contribution in [0.2, 0.25) is 0 Å². The number of carboxylic acid groups (broad SMARTS) is 1. The summed E-state index contributed by atoms with van der Waals surface area (Å²) in [7, 11) is -4.11. The van der Waals surface area contributed by atoms with Crippen molar-refractivity contribution >= 4 is 21.9 Å². The summed E-state index contributed by atoms with van der Waals surface area (Å²) in [5.41, 5.74) is 1.04. The molecule has 1 aromatic carbocycles. The third-order valence-electron chi connectivity index (χ3n) is 2.92. The molecule has 0 aliphatic rings. The van der Waals surface area contributed by atoms with Crippen LogP contribution in [0.5, 0.6) is 5.75 Å². The molecule has 2 rings (SSSR count). The van der Waals surface area contributed by atoms with Gasteiger partial charge in [-0.3, -0.25) is 14.1 Å². The van der Waals surface area contributed by atoms with Crippen LogP contribution in [-0.2, 0) is 14.9 Å². The van der Waals surface area contributed by atoms with Crippen LogP contribution in [0, 0.1) is 6.92 Å². The number of benzene rings is 1. The zero-order chi connectivity index (χ0) is 19.0. The Hall–Kier alpha value is -2.78. The average Bonchev–Trinajstić information content (AvgIpc) is 2.55. The predicted molar refractivity (Wildman–Crippen MR) is 88.1 cm³/mol. The number of phenolic OH excluding ortho intramolecular Hbond substituents is 1. The van der Waals surface area contributed by atoms with Crippen LogP contribution >= 0.6 is 0 Å². The molecule has 9 heteroatoms. The van der Waals surface area contributed by atoms with Crippen LogP contribution in [0.25, 0.3) is 0 Å². The lowest BCUT2D eigenvalue weighted by molar-refractivity contribution is -0.136. The molecule has 134 valence electrons. The summed E-state index contributed by atoms with van der Waals surface area (Å²) < 4.78 is 29.1. The van der Waals surface area contributed by atoms with E-state index in [2.05, 4.69) is 4.98 Å². The number of Topliss-reactive ketones (excluding diaryl/α,β-unsaturated/α-hetero) is 1. The highest BCUT2D eigenvalue weighted by Crippen LogP contribution is 2.20. The summed E-state index contributed by atoms with van der Waals surface area (Å²) in [4.78, 5) is 25.2. The molecular weight excluding hydrogens is 350 g/mol. The Bertz CT molecular complexity index is 848. The van der Waals surface area contributed by atoms with E-state index >= 15 is 0 Å². The molecule has 0 bridgehead atoms. The minimum Gasteiger partial charge on any atom is -0.507 e. The summed E-state index contributed by atoms with van der Waals surface area (Å²) in [6.07, 6.45) is 0.988. The predicted octanol–water partition coefficient (Wildman–Crippen LogP) is 2.08. The van der Waals surface area contributed by atoms with E-state index in [1.807, 2.05) is 0 Å². The van der Waals surface area contributed by atoms with E-state index in [4.69, 9.17) is 9.66 Å². The third-order valence-corrected chi connectivity index (χ3v) is 3.69. The Labute approximate surface area is 144 Å². The molecule has 0 radical (unpaired) electrons. The average molecular weight is 367 g/mol. The number of aliphatic carboxylic acids is 1. The molecule has 1 aromatic heterocycles. The molecular formula is C16H17NO7S. The zero-order valence-electron chi connectivity index (χ0n) is 13.3. The number of aromatic nitrogens is 1. The van der Waals surface area contributed by atoms with Gasteiger partial charge in [-0.15, -0.1) is 0 Å². The van der Waals surface area contributed by atoms with Gasteiger partial charge in [0.2, 0.25) is 0 Å². The number of hydrogen-bond acceptors (Lipinski definition) is 6. The smallest absolute Gasteiger partial charge is 0.312 e. The summed E-state index contributed by atoms with van der Waals surface area (Å²) in [6, 6.07) is 8.94. The fourth-order valence-corrected chi connectivity index (χ4v) is 2.17. The first kappa shape index (κ1) is 20.3. The number of rotatable bonds is 5. The molecule has 3 N–H and O–H groups in total. The van der Waals surface area contributed by atoms with Crippen molar-refractivity contribution in [1.29, 1.82) is 0 Å². The molecule has 0 amide bonds. The van der Waals surface area contributed by atoms with Crippen LogP contribution < -0.4 is 0 Å². The van der Waals surface area contributed by atoms with Crippen molar-refractivity contribution in [3.05, 3.63) is 53.7 Å². The van der Waals surface area contributed by atoms with Crippen LogP contribution in [0.3, 0.4) is 0 Å². The van der Waals surface area contributed by atoms with Crippen molar-refractivity contribution in [3.8, 4) is 5.75 Å². The maximum absolute atomic E-state index is 11.5. The monoisotopic (exact) mass is 367 g/mol. The molecule has 0 aliphatic carbocycles. The fourth-order valence-electron chi connectivity index (χ4n) is 1.73. The van der Waals surface area contributed by atoms with E-state index in [1.54, 1.807) is 25.1 Å². The molecule has 0 saturated carbocycles. The molecule has 0 spiro atoms. The number of hydrogen-bond donors (Lipinski definition) is 3. The van der Waals surface area contributed by atoms with Crippen molar-refractivity contribution in [2.45, 2.75) is 24.8 Å². The van der Waals surface area contributed by atoms with Crippen molar-refractivity contribution in [1.82, 2.24) is 4.98 Å². The van der Waals surface area contributed by atoms with Gasteiger partial charge >= 0.3 is 16.1 Å². The Morgan fingerprint density at radius 2 is 1.80 bits per heavy atom. The molecule has 0 fully saturated rings. The van der Waals surface area contributed by atoms with Crippen LogP contribution in [0.15, 0.2) is 47.6 Å². The van der Waals surface area contributed by atoms with Gasteiger partial charge < -0.3 is 10.2 Å². The number of carbonyl (C=O) groups is 2. The first-order chi connectivity index (χ1) is 11.6. The SMILES string of the molecule is Cc1ccc(O)c(C(=O)CCC(=O)O)c1.O=S(=O)(O)c1ccccn1. The molecule has 8 nitrogen and oxygen atoms in total. The topological polar surface area (TPSA) is 142 Å². The second-order valence-corrected chi connectivity index (χ2v) is 6.35. The summed E-state index contributed by atoms with van der Waals surface area (Å²) >= 11 is 0. The van der Waals surface area contributed by atoms with Crippen molar-refractivity contribution < 1.29 is 32.8 Å². The van der Waals surface area contributed by atoms with Crippen molar-refractivity contribution in [3.63, 3.8) is 0 Å². The van der Waals surface area contributed by atoms with E-state index in [1.165, 1.54) is 24.4 Å². The van der Waals surface area contributed by atoms with Crippen molar-refractivity contribution in [2.24, 2.45) is 0 Å². The van der Waals surface area contributed by atoms with Gasteiger partial charge in [-0.2, -0.15) is 8.42 Å². The Morgan fingerprint density at radius 3 is 2.28 bits per heavy atom. The molecule has 0 saturated heterocycles. The fraction of sp³-hybridized carbons (Fsp3) is 0.188. The first-order valence-electron chi connectivity index (χ1n) is 7.04. The number of aromatic hydroxyl groups is 1. The first-order valence-corrected chi connectivity index (χ1v) is 8.48. The van der Waals surface area contributed by atoms with Gasteiger partial charge in [0.1, 0.15) is 5.75 Å². The highest BCUT2D eigenvalue weighted by atomic mass is 32.2. The van der Waals surface area contributed by atoms with E-state index in [0.29, 0.717) is 0 Å². The number of ketones is 1. The standard InChI is InChI=1S/C11H12O4.C5H5NO3S/c1-7-2-3-9(12)8(6-7)10(13)4-5-11(14)15;7-10(8,9)5-3-1-2-4-6-5/h2-3,6,12H,4-5H2,1H3,(H,14,15);1-4H,(H,7,8,9). The lowest BCUT2D eigenvalue weighted by atomic mass is 10.0. The second-order valence-electron chi connectivity index (χ2n) is 4.98. The molecule has 25 heavy (non-hydrogen) atoms. The molecule has 2 aromatic rings. The van der Waals surface area contributed by atoms with Crippen LogP contribution in [0.1, 0.15) is 28.8 Å².